The lowest BCUT2D eigenvalue weighted by molar-refractivity contribution is -0.153. The molecule has 0 spiro atoms. The van der Waals surface area contributed by atoms with Gasteiger partial charge < -0.3 is 18.8 Å². The molecule has 0 saturated carbocycles. The SMILES string of the molecule is CCOC(=O)[C@H]1C(=O)N(Cc2ccccc2)c2nc3ccccc3n2[C@H]1c1ccc(OCCC(C)C)c(OC)c1. The molecule has 0 radical (unpaired) electrons. The number of benzene rings is 3. The summed E-state index contributed by atoms with van der Waals surface area (Å²) in [7, 11) is 1.59. The largest absolute Gasteiger partial charge is 0.493 e. The molecule has 2 heterocycles. The normalized spacial score (nSPS) is 16.7. The third-order valence-electron chi connectivity index (χ3n) is 7.15. The van der Waals surface area contributed by atoms with Gasteiger partial charge in [0, 0.05) is 0 Å². The highest BCUT2D eigenvalue weighted by atomic mass is 16.5. The summed E-state index contributed by atoms with van der Waals surface area (Å²) in [6, 6.07) is 22.3. The summed E-state index contributed by atoms with van der Waals surface area (Å²) in [6.07, 6.45) is 0.911. The number of hydrogen-bond acceptors (Lipinski definition) is 6. The standard InChI is InChI=1S/C32H35N3O5/c1-5-39-31(37)28-29(23-15-16-26(27(19-23)38-4)40-18-17-21(2)3)35-25-14-10-9-13-24(25)33-32(35)34(30(28)36)20-22-11-7-6-8-12-22/h6-16,19,21,28-29H,5,17-18,20H2,1-4H3/t28-,29+/m1/s1. The van der Waals surface area contributed by atoms with Gasteiger partial charge in [-0.2, -0.15) is 0 Å². The molecule has 1 aliphatic rings. The third kappa shape index (κ3) is 5.26. The lowest BCUT2D eigenvalue weighted by atomic mass is 9.89. The molecule has 208 valence electrons. The van der Waals surface area contributed by atoms with Crippen LogP contribution in [-0.2, 0) is 20.9 Å². The van der Waals surface area contributed by atoms with Crippen LogP contribution in [0.3, 0.4) is 0 Å². The number of anilines is 1. The second-order valence-corrected chi connectivity index (χ2v) is 10.3. The van der Waals surface area contributed by atoms with E-state index >= 15 is 0 Å². The Hall–Kier alpha value is -4.33. The molecule has 1 aromatic heterocycles. The molecule has 8 nitrogen and oxygen atoms in total. The summed E-state index contributed by atoms with van der Waals surface area (Å²) >= 11 is 0. The lowest BCUT2D eigenvalue weighted by Gasteiger charge is -2.38. The number of carbonyl (C=O) groups excluding carboxylic acids is 2. The van der Waals surface area contributed by atoms with E-state index in [0.29, 0.717) is 30.0 Å². The molecule has 1 aliphatic heterocycles. The highest BCUT2D eigenvalue weighted by Crippen LogP contribution is 2.43. The quantitative estimate of drug-likeness (QED) is 0.187. The summed E-state index contributed by atoms with van der Waals surface area (Å²) < 4.78 is 19.2. The third-order valence-corrected chi connectivity index (χ3v) is 7.15. The summed E-state index contributed by atoms with van der Waals surface area (Å²) in [5.41, 5.74) is 3.21. The number of carbonyl (C=O) groups is 2. The zero-order valence-electron chi connectivity index (χ0n) is 23.4. The van der Waals surface area contributed by atoms with Crippen LogP contribution in [0, 0.1) is 11.8 Å². The van der Waals surface area contributed by atoms with E-state index in [4.69, 9.17) is 19.2 Å². The van der Waals surface area contributed by atoms with Crippen molar-refractivity contribution >= 4 is 28.9 Å². The number of aromatic nitrogens is 2. The Morgan fingerprint density at radius 3 is 2.48 bits per heavy atom. The molecular formula is C32H35N3O5. The molecule has 40 heavy (non-hydrogen) atoms. The molecule has 2 atom stereocenters. The number of rotatable bonds is 10. The van der Waals surface area contributed by atoms with E-state index in [1.165, 1.54) is 0 Å². The maximum absolute atomic E-state index is 14.2. The van der Waals surface area contributed by atoms with Crippen molar-refractivity contribution in [2.24, 2.45) is 11.8 Å². The summed E-state index contributed by atoms with van der Waals surface area (Å²) in [6.45, 7) is 7.04. The van der Waals surface area contributed by atoms with Crippen LogP contribution >= 0.6 is 0 Å². The minimum atomic E-state index is -1.12. The second-order valence-electron chi connectivity index (χ2n) is 10.3. The van der Waals surface area contributed by atoms with E-state index in [1.54, 1.807) is 18.9 Å². The number of nitrogens with zero attached hydrogens (tertiary/aromatic N) is 3. The van der Waals surface area contributed by atoms with Crippen LogP contribution < -0.4 is 14.4 Å². The first kappa shape index (κ1) is 27.2. The topological polar surface area (TPSA) is 82.9 Å². The molecule has 0 bridgehead atoms. The number of amides is 1. The molecule has 3 aromatic carbocycles. The van der Waals surface area contributed by atoms with E-state index < -0.39 is 17.9 Å². The molecule has 4 aromatic rings. The highest BCUT2D eigenvalue weighted by molar-refractivity contribution is 6.08. The fourth-order valence-electron chi connectivity index (χ4n) is 5.16. The zero-order valence-corrected chi connectivity index (χ0v) is 23.4. The maximum Gasteiger partial charge on any atom is 0.321 e. The monoisotopic (exact) mass is 541 g/mol. The molecule has 1 amide bonds. The summed E-state index contributed by atoms with van der Waals surface area (Å²) in [5.74, 6) is 0.0948. The Kier molecular flexibility index (Phi) is 8.05. The maximum atomic E-state index is 14.2. The van der Waals surface area contributed by atoms with Gasteiger partial charge in [-0.3, -0.25) is 14.5 Å². The van der Waals surface area contributed by atoms with Crippen LogP contribution in [0.4, 0.5) is 5.95 Å². The van der Waals surface area contributed by atoms with Gasteiger partial charge >= 0.3 is 5.97 Å². The van der Waals surface area contributed by atoms with Gasteiger partial charge in [0.2, 0.25) is 11.9 Å². The second kappa shape index (κ2) is 11.8. The van der Waals surface area contributed by atoms with Crippen LogP contribution in [0.2, 0.25) is 0 Å². The predicted octanol–water partition coefficient (Wildman–Crippen LogP) is 5.79. The average Bonchev–Trinajstić information content (AvgIpc) is 3.34. The molecular weight excluding hydrogens is 506 g/mol. The Morgan fingerprint density at radius 1 is 1.00 bits per heavy atom. The van der Waals surface area contributed by atoms with Crippen molar-refractivity contribution in [1.82, 2.24) is 9.55 Å². The van der Waals surface area contributed by atoms with Crippen LogP contribution in [0.1, 0.15) is 44.4 Å². The molecule has 0 unspecified atom stereocenters. The van der Waals surface area contributed by atoms with Crippen LogP contribution in [0.5, 0.6) is 11.5 Å². The van der Waals surface area contributed by atoms with Crippen LogP contribution in [-0.4, -0.2) is 41.8 Å². The van der Waals surface area contributed by atoms with Crippen molar-refractivity contribution in [3.8, 4) is 11.5 Å². The number of fused-ring (bicyclic) bond motifs is 3. The smallest absolute Gasteiger partial charge is 0.321 e. The molecule has 5 rings (SSSR count). The van der Waals surface area contributed by atoms with Gasteiger partial charge in [0.25, 0.3) is 0 Å². The highest BCUT2D eigenvalue weighted by Gasteiger charge is 2.48. The van der Waals surface area contributed by atoms with Gasteiger partial charge in [-0.1, -0.05) is 62.4 Å². The number of ether oxygens (including phenoxy) is 3. The van der Waals surface area contributed by atoms with Gasteiger partial charge in [-0.05, 0) is 54.7 Å². The van der Waals surface area contributed by atoms with Crippen molar-refractivity contribution in [1.29, 1.82) is 0 Å². The summed E-state index contributed by atoms with van der Waals surface area (Å²) in [5, 5.41) is 0. The van der Waals surface area contributed by atoms with Gasteiger partial charge in [0.1, 0.15) is 0 Å². The number of esters is 1. The van der Waals surface area contributed by atoms with Gasteiger partial charge in [0.15, 0.2) is 17.4 Å². The van der Waals surface area contributed by atoms with E-state index in [9.17, 15) is 9.59 Å². The zero-order chi connectivity index (χ0) is 28.2. The number of hydrogen-bond donors (Lipinski definition) is 0. The number of imidazole rings is 1. The lowest BCUT2D eigenvalue weighted by Crippen LogP contribution is -2.49. The van der Waals surface area contributed by atoms with E-state index in [2.05, 4.69) is 13.8 Å². The van der Waals surface area contributed by atoms with E-state index in [-0.39, 0.29) is 19.1 Å². The fourth-order valence-corrected chi connectivity index (χ4v) is 5.16. The summed E-state index contributed by atoms with van der Waals surface area (Å²) in [4.78, 5) is 34.2. The average molecular weight is 542 g/mol. The fraction of sp³-hybridized carbons (Fsp3) is 0.344. The van der Waals surface area contributed by atoms with Crippen molar-refractivity contribution < 1.29 is 23.8 Å². The van der Waals surface area contributed by atoms with Crippen molar-refractivity contribution in [2.45, 2.75) is 39.8 Å². The van der Waals surface area contributed by atoms with Gasteiger partial charge in [-0.15, -0.1) is 0 Å². The Bertz CT molecular complexity index is 1500. The predicted molar refractivity (Wildman–Crippen MR) is 154 cm³/mol. The van der Waals surface area contributed by atoms with Crippen LogP contribution in [0.15, 0.2) is 72.8 Å². The van der Waals surface area contributed by atoms with Crippen molar-refractivity contribution in [2.75, 3.05) is 25.2 Å². The number of methoxy groups -OCH3 is 1. The molecule has 0 N–H and O–H groups in total. The molecule has 0 aliphatic carbocycles. The van der Waals surface area contributed by atoms with Crippen molar-refractivity contribution in [3.63, 3.8) is 0 Å². The van der Waals surface area contributed by atoms with Gasteiger partial charge in [0.05, 0.1) is 43.9 Å². The first-order chi connectivity index (χ1) is 19.4. The Morgan fingerprint density at radius 2 is 1.75 bits per heavy atom. The van der Waals surface area contributed by atoms with Crippen molar-refractivity contribution in [3.05, 3.63) is 83.9 Å². The number of para-hydroxylation sites is 2. The molecule has 0 saturated heterocycles. The van der Waals surface area contributed by atoms with Gasteiger partial charge in [-0.25, -0.2) is 4.98 Å². The molecule has 0 fully saturated rings. The minimum Gasteiger partial charge on any atom is -0.493 e. The minimum absolute atomic E-state index is 0.164. The van der Waals surface area contributed by atoms with E-state index in [1.807, 2.05) is 77.4 Å². The first-order valence-corrected chi connectivity index (χ1v) is 13.7. The Balaban J connectivity index is 1.66. The first-order valence-electron chi connectivity index (χ1n) is 13.7. The molecule has 8 heteroatoms. The Labute approximate surface area is 234 Å². The van der Waals surface area contributed by atoms with E-state index in [0.717, 1.165) is 28.6 Å². The van der Waals surface area contributed by atoms with Crippen LogP contribution in [0.25, 0.3) is 11.0 Å².